The lowest BCUT2D eigenvalue weighted by Gasteiger charge is -2.17. The highest BCUT2D eigenvalue weighted by molar-refractivity contribution is 6.06. The second-order valence-electron chi connectivity index (χ2n) is 8.29. The number of fused-ring (bicyclic) bond motifs is 3. The normalized spacial score (nSPS) is 11.0. The minimum Gasteiger partial charge on any atom is -0.490 e. The molecule has 1 N–H and O–H groups in total. The summed E-state index contributed by atoms with van der Waals surface area (Å²) in [5, 5.41) is 5.10. The van der Waals surface area contributed by atoms with Crippen LogP contribution in [0.3, 0.4) is 0 Å². The highest BCUT2D eigenvalue weighted by Crippen LogP contribution is 2.39. The molecule has 0 fully saturated rings. The molecule has 0 spiro atoms. The number of ether oxygens (including phenoxy) is 3. The van der Waals surface area contributed by atoms with Gasteiger partial charge in [0, 0.05) is 22.2 Å². The number of anilines is 1. The molecule has 37 heavy (non-hydrogen) atoms. The Morgan fingerprint density at radius 2 is 1.57 bits per heavy atom. The summed E-state index contributed by atoms with van der Waals surface area (Å²) in [4.78, 5) is 18.0. The number of nitrogens with zero attached hydrogens (tertiary/aromatic N) is 1. The van der Waals surface area contributed by atoms with Gasteiger partial charge in [0.1, 0.15) is 5.52 Å². The van der Waals surface area contributed by atoms with Crippen molar-refractivity contribution in [2.45, 2.75) is 20.8 Å². The van der Waals surface area contributed by atoms with Crippen LogP contribution in [0.4, 0.5) is 5.69 Å². The van der Waals surface area contributed by atoms with Gasteiger partial charge in [-0.15, -0.1) is 0 Å². The van der Waals surface area contributed by atoms with Crippen molar-refractivity contribution in [3.63, 3.8) is 0 Å². The Morgan fingerprint density at radius 1 is 0.838 bits per heavy atom. The maximum Gasteiger partial charge on any atom is 0.255 e. The molecule has 0 aliphatic carbocycles. The van der Waals surface area contributed by atoms with Crippen LogP contribution in [-0.4, -0.2) is 30.7 Å². The maximum atomic E-state index is 13.2. The van der Waals surface area contributed by atoms with E-state index in [2.05, 4.69) is 5.32 Å². The highest BCUT2D eigenvalue weighted by atomic mass is 16.5. The Bertz CT molecular complexity index is 1550. The lowest BCUT2D eigenvalue weighted by atomic mass is 10.1. The maximum absolute atomic E-state index is 13.2. The number of hydrogen-bond donors (Lipinski definition) is 1. The Morgan fingerprint density at radius 3 is 2.30 bits per heavy atom. The third-order valence-electron chi connectivity index (χ3n) is 5.82. The average molecular weight is 497 g/mol. The molecule has 7 heteroatoms. The van der Waals surface area contributed by atoms with E-state index in [0.717, 1.165) is 21.9 Å². The van der Waals surface area contributed by atoms with Crippen LogP contribution in [0.15, 0.2) is 77.2 Å². The SMILES string of the molecule is CCOc1cc(C(=O)Nc2cccc(-c3nc4c(ccc5ccccc54)o3)c2)cc(OCC)c1OCC. The largest absolute Gasteiger partial charge is 0.490 e. The molecular formula is C30H28N2O5. The van der Waals surface area contributed by atoms with Crippen LogP contribution < -0.4 is 19.5 Å². The topological polar surface area (TPSA) is 82.8 Å². The second kappa shape index (κ2) is 10.6. The number of carbonyl (C=O) groups is 1. The molecule has 7 nitrogen and oxygen atoms in total. The monoisotopic (exact) mass is 496 g/mol. The molecule has 0 atom stereocenters. The number of benzene rings is 4. The first-order valence-electron chi connectivity index (χ1n) is 12.4. The number of hydrogen-bond acceptors (Lipinski definition) is 6. The Kier molecular flexibility index (Phi) is 6.94. The van der Waals surface area contributed by atoms with Gasteiger partial charge in [-0.05, 0) is 62.6 Å². The van der Waals surface area contributed by atoms with Gasteiger partial charge in [0.05, 0.1) is 19.8 Å². The van der Waals surface area contributed by atoms with Crippen molar-refractivity contribution >= 4 is 33.5 Å². The van der Waals surface area contributed by atoms with Crippen molar-refractivity contribution in [1.29, 1.82) is 0 Å². The predicted molar refractivity (Wildman–Crippen MR) is 145 cm³/mol. The van der Waals surface area contributed by atoms with Crippen LogP contribution in [0.25, 0.3) is 33.3 Å². The second-order valence-corrected chi connectivity index (χ2v) is 8.29. The summed E-state index contributed by atoms with van der Waals surface area (Å²) in [6.07, 6.45) is 0. The smallest absolute Gasteiger partial charge is 0.255 e. The molecule has 4 aromatic carbocycles. The summed E-state index contributed by atoms with van der Waals surface area (Å²) in [5.74, 6) is 1.61. The molecule has 5 rings (SSSR count). The molecule has 188 valence electrons. The van der Waals surface area contributed by atoms with Crippen molar-refractivity contribution < 1.29 is 23.4 Å². The van der Waals surface area contributed by atoms with E-state index in [0.29, 0.717) is 59.8 Å². The minimum atomic E-state index is -0.300. The first-order chi connectivity index (χ1) is 18.1. The van der Waals surface area contributed by atoms with Gasteiger partial charge in [-0.25, -0.2) is 4.98 Å². The fraction of sp³-hybridized carbons (Fsp3) is 0.200. The van der Waals surface area contributed by atoms with Gasteiger partial charge >= 0.3 is 0 Å². The van der Waals surface area contributed by atoms with Gasteiger partial charge in [0.15, 0.2) is 17.1 Å². The Labute approximate surface area is 215 Å². The summed E-state index contributed by atoms with van der Waals surface area (Å²) in [7, 11) is 0. The molecule has 5 aromatic rings. The molecule has 1 aromatic heterocycles. The number of carbonyl (C=O) groups excluding carboxylic acids is 1. The van der Waals surface area contributed by atoms with Gasteiger partial charge < -0.3 is 23.9 Å². The lowest BCUT2D eigenvalue weighted by molar-refractivity contribution is 0.102. The summed E-state index contributed by atoms with van der Waals surface area (Å²) in [6, 6.07) is 22.8. The van der Waals surface area contributed by atoms with Gasteiger partial charge in [-0.2, -0.15) is 0 Å². The number of aromatic nitrogens is 1. The van der Waals surface area contributed by atoms with E-state index >= 15 is 0 Å². The first-order valence-corrected chi connectivity index (χ1v) is 12.4. The van der Waals surface area contributed by atoms with Crippen LogP contribution in [0.1, 0.15) is 31.1 Å². The van der Waals surface area contributed by atoms with E-state index < -0.39 is 0 Å². The van der Waals surface area contributed by atoms with E-state index in [9.17, 15) is 4.79 Å². The van der Waals surface area contributed by atoms with Crippen molar-refractivity contribution in [1.82, 2.24) is 4.98 Å². The molecule has 1 amide bonds. The van der Waals surface area contributed by atoms with Gasteiger partial charge in [0.25, 0.3) is 5.91 Å². The van der Waals surface area contributed by atoms with E-state index in [1.165, 1.54) is 0 Å². The molecule has 0 saturated carbocycles. The highest BCUT2D eigenvalue weighted by Gasteiger charge is 2.19. The zero-order valence-corrected chi connectivity index (χ0v) is 21.0. The fourth-order valence-corrected chi connectivity index (χ4v) is 4.24. The lowest BCUT2D eigenvalue weighted by Crippen LogP contribution is -2.13. The molecule has 1 heterocycles. The first kappa shape index (κ1) is 24.2. The van der Waals surface area contributed by atoms with Gasteiger partial charge in [-0.3, -0.25) is 4.79 Å². The number of oxazole rings is 1. The van der Waals surface area contributed by atoms with E-state index in [-0.39, 0.29) is 5.91 Å². The molecule has 0 aliphatic rings. The van der Waals surface area contributed by atoms with Crippen LogP contribution in [0.2, 0.25) is 0 Å². The third kappa shape index (κ3) is 4.93. The Hall–Kier alpha value is -4.52. The van der Waals surface area contributed by atoms with Crippen LogP contribution >= 0.6 is 0 Å². The number of rotatable bonds is 9. The van der Waals surface area contributed by atoms with Gasteiger partial charge in [-0.1, -0.05) is 36.4 Å². The standard InChI is InChI=1S/C30H28N2O5/c1-4-34-25-17-21(18-26(35-5-2)28(25)36-6-3)29(33)31-22-12-9-11-20(16-22)30-32-27-23-13-8-7-10-19(23)14-15-24(27)37-30/h7-18H,4-6H2,1-3H3,(H,31,33). The van der Waals surface area contributed by atoms with Crippen molar-refractivity contribution in [2.24, 2.45) is 0 Å². The van der Waals surface area contributed by atoms with E-state index in [1.807, 2.05) is 81.4 Å². The zero-order chi connectivity index (χ0) is 25.8. The zero-order valence-electron chi connectivity index (χ0n) is 21.0. The van der Waals surface area contributed by atoms with Gasteiger partial charge in [0.2, 0.25) is 11.6 Å². The minimum absolute atomic E-state index is 0.300. The van der Waals surface area contributed by atoms with Crippen molar-refractivity contribution in [2.75, 3.05) is 25.1 Å². The predicted octanol–water partition coefficient (Wildman–Crippen LogP) is 7.10. The quantitative estimate of drug-likeness (QED) is 0.234. The van der Waals surface area contributed by atoms with Crippen molar-refractivity contribution in [3.8, 4) is 28.7 Å². The molecule has 0 bridgehead atoms. The summed E-state index contributed by atoms with van der Waals surface area (Å²) >= 11 is 0. The number of nitrogens with one attached hydrogen (secondary N) is 1. The molecule has 0 unspecified atom stereocenters. The number of amides is 1. The summed E-state index contributed by atoms with van der Waals surface area (Å²) in [5.41, 5.74) is 3.29. The van der Waals surface area contributed by atoms with E-state index in [1.54, 1.807) is 12.1 Å². The van der Waals surface area contributed by atoms with Crippen LogP contribution in [-0.2, 0) is 0 Å². The Balaban J connectivity index is 1.45. The van der Waals surface area contributed by atoms with Crippen LogP contribution in [0, 0.1) is 0 Å². The third-order valence-corrected chi connectivity index (χ3v) is 5.82. The average Bonchev–Trinajstić information content (AvgIpc) is 3.36. The van der Waals surface area contributed by atoms with Crippen LogP contribution in [0.5, 0.6) is 17.2 Å². The van der Waals surface area contributed by atoms with Crippen molar-refractivity contribution in [3.05, 3.63) is 78.4 Å². The molecular weight excluding hydrogens is 468 g/mol. The summed E-state index contributed by atoms with van der Waals surface area (Å²) < 4.78 is 23.3. The summed E-state index contributed by atoms with van der Waals surface area (Å²) in [6.45, 7) is 6.95. The molecule has 0 saturated heterocycles. The molecule has 0 radical (unpaired) electrons. The fourth-order valence-electron chi connectivity index (χ4n) is 4.24. The molecule has 0 aliphatic heterocycles. The van der Waals surface area contributed by atoms with E-state index in [4.69, 9.17) is 23.6 Å².